The molecule has 1 aliphatic rings. The van der Waals surface area contributed by atoms with Crippen LogP contribution in [-0.2, 0) is 50.1 Å². The zero-order valence-electron chi connectivity index (χ0n) is 32.0. The fourth-order valence-corrected chi connectivity index (χ4v) is 5.88. The van der Waals surface area contributed by atoms with E-state index in [9.17, 15) is 40.4 Å². The topological polar surface area (TPSA) is 231 Å². The number of benzene rings is 2. The van der Waals surface area contributed by atoms with Crippen molar-refractivity contribution < 1.29 is 68.7 Å². The van der Waals surface area contributed by atoms with Crippen LogP contribution in [0.1, 0.15) is 50.9 Å². The van der Waals surface area contributed by atoms with Crippen LogP contribution in [0.5, 0.6) is 5.75 Å². The Bertz CT molecular complexity index is 2120. The van der Waals surface area contributed by atoms with Gasteiger partial charge in [0.1, 0.15) is 11.7 Å². The van der Waals surface area contributed by atoms with Gasteiger partial charge in [0.25, 0.3) is 5.91 Å². The summed E-state index contributed by atoms with van der Waals surface area (Å²) in [5, 5.41) is 4.06. The van der Waals surface area contributed by atoms with Crippen molar-refractivity contribution in [1.82, 2.24) is 20.3 Å². The summed E-state index contributed by atoms with van der Waals surface area (Å²) < 4.78 is 107. The number of aliphatic imine (C=N–C) groups is 1. The van der Waals surface area contributed by atoms with Gasteiger partial charge in [-0.1, -0.05) is 19.1 Å². The van der Waals surface area contributed by atoms with E-state index in [1.54, 1.807) is 18.5 Å². The molecule has 0 unspecified atom stereocenters. The van der Waals surface area contributed by atoms with E-state index in [1.165, 1.54) is 5.06 Å². The molecule has 17 nitrogen and oxygen atoms in total. The number of esters is 1. The van der Waals surface area contributed by atoms with Gasteiger partial charge in [-0.2, -0.15) is 17.2 Å². The summed E-state index contributed by atoms with van der Waals surface area (Å²) in [5.41, 5.74) is 9.44. The van der Waals surface area contributed by atoms with Gasteiger partial charge in [0.05, 0.1) is 64.9 Å². The summed E-state index contributed by atoms with van der Waals surface area (Å²) in [6.45, 7) is 4.72. The molecule has 0 atom stereocenters. The average Bonchev–Trinajstić information content (AvgIpc) is 3.36. The number of nitrogens with zero attached hydrogens (tertiary/aromatic N) is 4. The number of aromatic nitrogens is 2. The lowest BCUT2D eigenvalue weighted by molar-refractivity contribution is -0.180. The van der Waals surface area contributed by atoms with E-state index in [0.717, 1.165) is 17.5 Å². The fourth-order valence-electron chi connectivity index (χ4n) is 5.25. The van der Waals surface area contributed by atoms with Crippen molar-refractivity contribution in [3.63, 3.8) is 0 Å². The summed E-state index contributed by atoms with van der Waals surface area (Å²) in [4.78, 5) is 53.7. The zero-order valence-corrected chi connectivity index (χ0v) is 32.8. The highest BCUT2D eigenvalue weighted by atomic mass is 32.2. The van der Waals surface area contributed by atoms with E-state index in [0.29, 0.717) is 35.8 Å². The summed E-state index contributed by atoms with van der Waals surface area (Å²) in [7, 11) is -5.66. The standard InChI is InChI=1S/C37H42F4N6O11S/c1-3-9-47(57-4-2)37(50)24-16-23-6-5-22(17-26(23)46-27(42)18-24)25-19-43-28(44-20-25)21-45-29(48)7-10-54-12-14-56-15-13-55-11-8-30(49)58-35-31(38)33(40)36(59(51,52)53)34(41)32(35)39/h5-6,16-17,19-20H,3-4,7-15,18,21H2,1-2H3,(H2,42,46)(H,45,48)(H,51,52,53). The number of nitrogens with two attached hydrogens (primary N) is 1. The fraction of sp³-hybridized carbons (Fsp3) is 0.405. The smallest absolute Gasteiger partial charge is 0.313 e. The Morgan fingerprint density at radius 2 is 1.49 bits per heavy atom. The van der Waals surface area contributed by atoms with Gasteiger partial charge < -0.3 is 30.0 Å². The molecule has 1 aliphatic heterocycles. The molecular formula is C37H42F4N6O11S. The summed E-state index contributed by atoms with van der Waals surface area (Å²) >= 11 is 0. The third-order valence-corrected chi connectivity index (χ3v) is 8.89. The Kier molecular flexibility index (Phi) is 17.4. The molecule has 2 amide bonds. The molecule has 22 heteroatoms. The second-order valence-corrected chi connectivity index (χ2v) is 13.8. The van der Waals surface area contributed by atoms with Crippen molar-refractivity contribution in [2.45, 2.75) is 51.0 Å². The number of nitrogens with one attached hydrogen (secondary N) is 1. The number of amides is 2. The van der Waals surface area contributed by atoms with E-state index in [4.69, 9.17) is 29.3 Å². The van der Waals surface area contributed by atoms with Crippen LogP contribution in [0, 0.1) is 23.3 Å². The average molecular weight is 855 g/mol. The Morgan fingerprint density at radius 1 is 0.881 bits per heavy atom. The van der Waals surface area contributed by atoms with Gasteiger partial charge in [0.15, 0.2) is 16.5 Å². The number of carbonyl (C=O) groups is 3. The van der Waals surface area contributed by atoms with Crippen molar-refractivity contribution in [1.29, 1.82) is 0 Å². The first-order valence-electron chi connectivity index (χ1n) is 18.1. The number of hydroxylamine groups is 2. The molecule has 0 spiro atoms. The Hall–Kier alpha value is -5.39. The number of rotatable bonds is 22. The van der Waals surface area contributed by atoms with Crippen LogP contribution in [0.4, 0.5) is 23.2 Å². The number of amidine groups is 1. The van der Waals surface area contributed by atoms with Crippen LogP contribution in [0.2, 0.25) is 0 Å². The minimum Gasteiger partial charge on any atom is -0.420 e. The predicted octanol–water partition coefficient (Wildman–Crippen LogP) is 3.96. The highest BCUT2D eigenvalue weighted by molar-refractivity contribution is 7.85. The lowest BCUT2D eigenvalue weighted by Gasteiger charge is -2.21. The maximum absolute atomic E-state index is 14.0. The second-order valence-electron chi connectivity index (χ2n) is 12.4. The Balaban J connectivity index is 1.10. The number of hydrogen-bond acceptors (Lipinski definition) is 14. The van der Waals surface area contributed by atoms with E-state index < -0.39 is 56.4 Å². The lowest BCUT2D eigenvalue weighted by Crippen LogP contribution is -2.34. The lowest BCUT2D eigenvalue weighted by atomic mass is 10.0. The molecule has 0 radical (unpaired) electrons. The van der Waals surface area contributed by atoms with E-state index in [2.05, 4.69) is 25.0 Å². The minimum atomic E-state index is -5.66. The van der Waals surface area contributed by atoms with Crippen LogP contribution in [0.15, 0.2) is 46.1 Å². The van der Waals surface area contributed by atoms with Gasteiger partial charge >= 0.3 is 16.1 Å². The number of fused-ring (bicyclic) bond motifs is 1. The molecule has 0 saturated heterocycles. The van der Waals surface area contributed by atoms with Crippen molar-refractivity contribution in [3.05, 3.63) is 70.8 Å². The normalized spacial score (nSPS) is 12.6. The predicted molar refractivity (Wildman–Crippen MR) is 200 cm³/mol. The third kappa shape index (κ3) is 13.3. The number of ether oxygens (including phenoxy) is 4. The Labute approximate surface area is 336 Å². The molecule has 3 aromatic rings. The molecule has 0 saturated carbocycles. The van der Waals surface area contributed by atoms with Gasteiger partial charge in [-0.15, -0.1) is 0 Å². The van der Waals surface area contributed by atoms with E-state index in [1.807, 2.05) is 32.0 Å². The number of carbonyl (C=O) groups excluding carboxylic acids is 3. The molecule has 4 rings (SSSR count). The second kappa shape index (κ2) is 22.1. The molecular weight excluding hydrogens is 812 g/mol. The SMILES string of the molecule is CCCN(OCC)C(=O)C1=Cc2ccc(-c3cnc(CNC(=O)CCOCCOCCOCCC(=O)Oc4c(F)c(F)c(S(=O)(=O)O)c(F)c4F)nc3)cc2N=C(N)C1. The Morgan fingerprint density at radius 3 is 2.08 bits per heavy atom. The van der Waals surface area contributed by atoms with Crippen molar-refractivity contribution in [2.75, 3.05) is 52.8 Å². The molecule has 0 aliphatic carbocycles. The molecule has 0 bridgehead atoms. The first kappa shape index (κ1) is 46.3. The van der Waals surface area contributed by atoms with Gasteiger partial charge in [-0.25, -0.2) is 28.8 Å². The highest BCUT2D eigenvalue weighted by Gasteiger charge is 2.34. The van der Waals surface area contributed by atoms with Crippen LogP contribution in [-0.4, -0.2) is 104 Å². The van der Waals surface area contributed by atoms with Gasteiger partial charge in [0, 0.05) is 48.5 Å². The van der Waals surface area contributed by atoms with Crippen molar-refractivity contribution in [3.8, 4) is 16.9 Å². The first-order chi connectivity index (χ1) is 28.1. The van der Waals surface area contributed by atoms with Crippen LogP contribution in [0.25, 0.3) is 17.2 Å². The monoisotopic (exact) mass is 854 g/mol. The van der Waals surface area contributed by atoms with Gasteiger partial charge in [-0.05, 0) is 31.1 Å². The zero-order chi connectivity index (χ0) is 43.1. The minimum absolute atomic E-state index is 0.0274. The number of halogens is 4. The first-order valence-corrected chi connectivity index (χ1v) is 19.6. The summed E-state index contributed by atoms with van der Waals surface area (Å²) in [6, 6.07) is 5.53. The molecule has 0 fully saturated rings. The summed E-state index contributed by atoms with van der Waals surface area (Å²) in [6.07, 6.45) is 5.36. The van der Waals surface area contributed by atoms with Crippen molar-refractivity contribution in [2.24, 2.45) is 10.7 Å². The van der Waals surface area contributed by atoms with E-state index in [-0.39, 0.29) is 76.7 Å². The molecule has 59 heavy (non-hydrogen) atoms. The highest BCUT2D eigenvalue weighted by Crippen LogP contribution is 2.33. The maximum atomic E-state index is 14.0. The van der Waals surface area contributed by atoms with Gasteiger partial charge in [0.2, 0.25) is 23.3 Å². The molecule has 320 valence electrons. The molecule has 2 aromatic carbocycles. The number of hydrogen-bond donors (Lipinski definition) is 3. The quantitative estimate of drug-likeness (QED) is 0.0247. The third-order valence-electron chi connectivity index (χ3n) is 8.02. The summed E-state index contributed by atoms with van der Waals surface area (Å²) in [5.74, 6) is -12.7. The van der Waals surface area contributed by atoms with E-state index >= 15 is 0 Å². The van der Waals surface area contributed by atoms with Crippen LogP contribution >= 0.6 is 0 Å². The van der Waals surface area contributed by atoms with Crippen LogP contribution < -0.4 is 15.8 Å². The molecule has 2 heterocycles. The largest absolute Gasteiger partial charge is 0.420 e. The molecule has 4 N–H and O–H groups in total. The van der Waals surface area contributed by atoms with Gasteiger partial charge in [-0.3, -0.25) is 23.8 Å². The molecule has 1 aromatic heterocycles. The maximum Gasteiger partial charge on any atom is 0.313 e. The van der Waals surface area contributed by atoms with Crippen molar-refractivity contribution >= 4 is 45.5 Å². The van der Waals surface area contributed by atoms with Crippen LogP contribution in [0.3, 0.4) is 0 Å².